The second-order valence-electron chi connectivity index (χ2n) is 2.33. The van der Waals surface area contributed by atoms with Crippen molar-refractivity contribution in [2.45, 2.75) is 20.8 Å². The first-order chi connectivity index (χ1) is 5.18. The second kappa shape index (κ2) is 5.42. The van der Waals surface area contributed by atoms with Crippen LogP contribution in [-0.2, 0) is 9.30 Å². The van der Waals surface area contributed by atoms with E-state index in [4.69, 9.17) is 4.74 Å². The van der Waals surface area contributed by atoms with Crippen molar-refractivity contribution in [1.29, 1.82) is 0 Å². The van der Waals surface area contributed by atoms with E-state index in [2.05, 4.69) is 0 Å². The molecule has 0 atom stereocenters. The van der Waals surface area contributed by atoms with Gasteiger partial charge in [0.2, 0.25) is 0 Å². The van der Waals surface area contributed by atoms with E-state index in [1.54, 1.807) is 12.1 Å². The van der Waals surface area contributed by atoms with Crippen molar-refractivity contribution in [1.82, 2.24) is 0 Å². The Hall–Kier alpha value is -0.230. The SMILES string of the molecule is CCOC=CP(=O)(CC)CC. The third-order valence-corrected chi connectivity index (χ3v) is 4.47. The average Bonchev–Trinajstić information content (AvgIpc) is 2.05. The summed E-state index contributed by atoms with van der Waals surface area (Å²) in [5.74, 6) is 1.72. The predicted octanol–water partition coefficient (Wildman–Crippen LogP) is 2.90. The molecule has 0 rings (SSSR count). The van der Waals surface area contributed by atoms with E-state index in [9.17, 15) is 4.57 Å². The Morgan fingerprint density at radius 2 is 1.82 bits per heavy atom. The molecule has 66 valence electrons. The van der Waals surface area contributed by atoms with Gasteiger partial charge in [-0.2, -0.15) is 0 Å². The zero-order valence-electron chi connectivity index (χ0n) is 7.54. The molecule has 0 aliphatic rings. The van der Waals surface area contributed by atoms with E-state index in [-0.39, 0.29) is 0 Å². The Balaban J connectivity index is 3.97. The summed E-state index contributed by atoms with van der Waals surface area (Å²) in [6.07, 6.45) is 3.02. The van der Waals surface area contributed by atoms with E-state index < -0.39 is 7.14 Å². The molecule has 0 heterocycles. The molecule has 3 heteroatoms. The number of ether oxygens (including phenoxy) is 1. The fourth-order valence-corrected chi connectivity index (χ4v) is 1.86. The molecule has 0 aromatic heterocycles. The lowest BCUT2D eigenvalue weighted by Gasteiger charge is -2.06. The smallest absolute Gasteiger partial charge is 0.111 e. The molecule has 2 nitrogen and oxygen atoms in total. The largest absolute Gasteiger partial charge is 0.501 e. The summed E-state index contributed by atoms with van der Waals surface area (Å²) >= 11 is 0. The molecule has 0 spiro atoms. The van der Waals surface area contributed by atoms with Gasteiger partial charge in [0.05, 0.1) is 12.9 Å². The van der Waals surface area contributed by atoms with Gasteiger partial charge in [0.1, 0.15) is 7.14 Å². The summed E-state index contributed by atoms with van der Waals surface area (Å²) in [5.41, 5.74) is 0. The Morgan fingerprint density at radius 3 is 2.18 bits per heavy atom. The van der Waals surface area contributed by atoms with Gasteiger partial charge >= 0.3 is 0 Å². The van der Waals surface area contributed by atoms with Crippen molar-refractivity contribution in [3.8, 4) is 0 Å². The molecular formula is C8H17O2P. The minimum Gasteiger partial charge on any atom is -0.501 e. The van der Waals surface area contributed by atoms with Gasteiger partial charge in [-0.1, -0.05) is 13.8 Å². The highest BCUT2D eigenvalue weighted by Crippen LogP contribution is 2.45. The lowest BCUT2D eigenvalue weighted by molar-refractivity contribution is 0.270. The van der Waals surface area contributed by atoms with Crippen molar-refractivity contribution in [3.05, 3.63) is 12.1 Å². The first-order valence-corrected chi connectivity index (χ1v) is 6.20. The molecule has 0 aromatic rings. The summed E-state index contributed by atoms with van der Waals surface area (Å²) in [7, 11) is -2.02. The van der Waals surface area contributed by atoms with E-state index in [1.165, 1.54) is 0 Å². The van der Waals surface area contributed by atoms with Crippen molar-refractivity contribution < 1.29 is 9.30 Å². The van der Waals surface area contributed by atoms with Gasteiger partial charge in [-0.25, -0.2) is 0 Å². The molecular weight excluding hydrogens is 159 g/mol. The molecule has 0 aliphatic heterocycles. The van der Waals surface area contributed by atoms with Gasteiger partial charge in [0.25, 0.3) is 0 Å². The molecule has 0 unspecified atom stereocenters. The van der Waals surface area contributed by atoms with Crippen LogP contribution in [0.25, 0.3) is 0 Å². The summed E-state index contributed by atoms with van der Waals surface area (Å²) in [5, 5.41) is 0. The van der Waals surface area contributed by atoms with E-state index >= 15 is 0 Å². The van der Waals surface area contributed by atoms with Crippen molar-refractivity contribution in [3.63, 3.8) is 0 Å². The van der Waals surface area contributed by atoms with Gasteiger partial charge < -0.3 is 9.30 Å². The standard InChI is InChI=1S/C8H17O2P/c1-4-10-7-8-11(9,5-2)6-3/h7-8H,4-6H2,1-3H3. The molecule has 0 radical (unpaired) electrons. The minimum absolute atomic E-state index is 0.643. The molecule has 0 bridgehead atoms. The molecule has 0 aromatic carbocycles. The summed E-state index contributed by atoms with van der Waals surface area (Å²) in [6.45, 7) is 6.44. The van der Waals surface area contributed by atoms with Crippen LogP contribution in [0.2, 0.25) is 0 Å². The van der Waals surface area contributed by atoms with Crippen LogP contribution in [0.1, 0.15) is 20.8 Å². The summed E-state index contributed by atoms with van der Waals surface area (Å²) in [6, 6.07) is 0. The van der Waals surface area contributed by atoms with Crippen LogP contribution >= 0.6 is 7.14 Å². The Kier molecular flexibility index (Phi) is 5.31. The summed E-state index contributed by atoms with van der Waals surface area (Å²) in [4.78, 5) is 0. The summed E-state index contributed by atoms with van der Waals surface area (Å²) < 4.78 is 16.6. The Bertz CT molecular complexity index is 155. The zero-order chi connectivity index (χ0) is 8.74. The maximum absolute atomic E-state index is 11.7. The topological polar surface area (TPSA) is 26.3 Å². The lowest BCUT2D eigenvalue weighted by atomic mass is 10.9. The molecule has 0 N–H and O–H groups in total. The van der Waals surface area contributed by atoms with Gasteiger partial charge in [-0.15, -0.1) is 0 Å². The minimum atomic E-state index is -2.02. The van der Waals surface area contributed by atoms with Crippen LogP contribution in [0.15, 0.2) is 12.1 Å². The van der Waals surface area contributed by atoms with Crippen LogP contribution in [-0.4, -0.2) is 18.9 Å². The van der Waals surface area contributed by atoms with Gasteiger partial charge in [0, 0.05) is 18.1 Å². The molecule has 0 saturated carbocycles. The van der Waals surface area contributed by atoms with Crippen LogP contribution in [0.5, 0.6) is 0 Å². The third kappa shape index (κ3) is 4.26. The maximum Gasteiger partial charge on any atom is 0.111 e. The normalized spacial score (nSPS) is 12.3. The van der Waals surface area contributed by atoms with Crippen molar-refractivity contribution in [2.75, 3.05) is 18.9 Å². The highest BCUT2D eigenvalue weighted by molar-refractivity contribution is 7.66. The first kappa shape index (κ1) is 10.8. The molecule has 0 amide bonds. The van der Waals surface area contributed by atoms with Gasteiger partial charge in [-0.05, 0) is 6.92 Å². The number of hydrogen-bond donors (Lipinski definition) is 0. The molecule has 0 saturated heterocycles. The monoisotopic (exact) mass is 176 g/mol. The van der Waals surface area contributed by atoms with Crippen LogP contribution in [0.4, 0.5) is 0 Å². The lowest BCUT2D eigenvalue weighted by Crippen LogP contribution is -1.85. The van der Waals surface area contributed by atoms with E-state index in [0.29, 0.717) is 6.61 Å². The Labute approximate surface area is 69.0 Å². The highest BCUT2D eigenvalue weighted by Gasteiger charge is 2.11. The number of rotatable bonds is 5. The second-order valence-corrected chi connectivity index (χ2v) is 5.79. The quantitative estimate of drug-likeness (QED) is 0.475. The van der Waals surface area contributed by atoms with Gasteiger partial charge in [0.15, 0.2) is 0 Å². The van der Waals surface area contributed by atoms with Crippen LogP contribution < -0.4 is 0 Å². The average molecular weight is 176 g/mol. The van der Waals surface area contributed by atoms with Crippen LogP contribution in [0.3, 0.4) is 0 Å². The Morgan fingerprint density at radius 1 is 1.27 bits per heavy atom. The molecule has 11 heavy (non-hydrogen) atoms. The fourth-order valence-electron chi connectivity index (χ4n) is 0.685. The third-order valence-electron chi connectivity index (χ3n) is 1.67. The highest BCUT2D eigenvalue weighted by atomic mass is 31.2. The first-order valence-electron chi connectivity index (χ1n) is 4.05. The molecule has 0 fully saturated rings. The fraction of sp³-hybridized carbons (Fsp3) is 0.750. The number of hydrogen-bond acceptors (Lipinski definition) is 2. The zero-order valence-corrected chi connectivity index (χ0v) is 8.43. The molecule has 0 aliphatic carbocycles. The maximum atomic E-state index is 11.7. The van der Waals surface area contributed by atoms with Crippen molar-refractivity contribution >= 4 is 7.14 Å². The van der Waals surface area contributed by atoms with E-state index in [1.807, 2.05) is 20.8 Å². The van der Waals surface area contributed by atoms with Gasteiger partial charge in [-0.3, -0.25) is 0 Å². The van der Waals surface area contributed by atoms with E-state index in [0.717, 1.165) is 12.3 Å². The van der Waals surface area contributed by atoms with Crippen molar-refractivity contribution in [2.24, 2.45) is 0 Å². The predicted molar refractivity (Wildman–Crippen MR) is 49.5 cm³/mol. The van der Waals surface area contributed by atoms with Crippen LogP contribution in [0, 0.1) is 0 Å².